The van der Waals surface area contributed by atoms with Gasteiger partial charge in [-0.05, 0) is 62.4 Å². The molecule has 32 heavy (non-hydrogen) atoms. The highest BCUT2D eigenvalue weighted by atomic mass is 32.2. The molecule has 0 aliphatic rings. The van der Waals surface area contributed by atoms with Crippen molar-refractivity contribution >= 4 is 32.6 Å². The first-order valence-electron chi connectivity index (χ1n) is 9.74. The molecule has 4 aromatic rings. The smallest absolute Gasteiger partial charge is 0.307 e. The Kier molecular flexibility index (Phi) is 5.50. The van der Waals surface area contributed by atoms with E-state index in [9.17, 15) is 18.0 Å². The number of rotatable bonds is 4. The molecule has 3 aromatic carbocycles. The minimum absolute atomic E-state index is 0.111. The highest BCUT2D eigenvalue weighted by Crippen LogP contribution is 2.16. The first kappa shape index (κ1) is 21.3. The van der Waals surface area contributed by atoms with Gasteiger partial charge in [0.15, 0.2) is 0 Å². The van der Waals surface area contributed by atoms with Crippen LogP contribution in [-0.4, -0.2) is 24.0 Å². The molecule has 0 aliphatic heterocycles. The zero-order chi connectivity index (χ0) is 22.9. The number of nitrogens with one attached hydrogen (secondary N) is 2. The van der Waals surface area contributed by atoms with Crippen LogP contribution < -0.4 is 15.6 Å². The number of hydrogen-bond acceptors (Lipinski definition) is 5. The fourth-order valence-electron chi connectivity index (χ4n) is 3.30. The molecule has 0 unspecified atom stereocenters. The zero-order valence-electron chi connectivity index (χ0n) is 17.4. The maximum Gasteiger partial charge on any atom is 0.333 e. The van der Waals surface area contributed by atoms with E-state index in [1.807, 2.05) is 11.6 Å². The number of hydrogen-bond donors (Lipinski definition) is 2. The molecule has 0 atom stereocenters. The molecule has 0 spiro atoms. The average Bonchev–Trinajstić information content (AvgIpc) is 2.75. The van der Waals surface area contributed by atoms with Crippen LogP contribution in [0.25, 0.3) is 16.6 Å². The number of aryl methyl sites for hydroxylation is 2. The van der Waals surface area contributed by atoms with Gasteiger partial charge >= 0.3 is 6.03 Å². The second kappa shape index (κ2) is 8.27. The third kappa shape index (κ3) is 4.23. The van der Waals surface area contributed by atoms with Crippen molar-refractivity contribution in [3.8, 4) is 5.69 Å². The molecule has 162 valence electrons. The molecule has 4 rings (SSSR count). The van der Waals surface area contributed by atoms with Crippen molar-refractivity contribution in [2.45, 2.75) is 18.7 Å². The van der Waals surface area contributed by atoms with Gasteiger partial charge in [-0.25, -0.2) is 22.9 Å². The largest absolute Gasteiger partial charge is 0.333 e. The van der Waals surface area contributed by atoms with Crippen LogP contribution in [0.4, 0.5) is 10.5 Å². The van der Waals surface area contributed by atoms with E-state index in [-0.39, 0.29) is 10.5 Å². The van der Waals surface area contributed by atoms with Gasteiger partial charge < -0.3 is 5.32 Å². The lowest BCUT2D eigenvalue weighted by atomic mass is 10.2. The van der Waals surface area contributed by atoms with E-state index >= 15 is 0 Å². The quantitative estimate of drug-likeness (QED) is 0.496. The van der Waals surface area contributed by atoms with Crippen LogP contribution in [0, 0.1) is 13.8 Å². The van der Waals surface area contributed by atoms with Crippen LogP contribution in [0.15, 0.2) is 82.5 Å². The summed E-state index contributed by atoms with van der Waals surface area (Å²) in [5.41, 5.74) is 2.29. The first-order valence-corrected chi connectivity index (χ1v) is 11.2. The van der Waals surface area contributed by atoms with Crippen molar-refractivity contribution in [1.82, 2.24) is 14.3 Å². The summed E-state index contributed by atoms with van der Waals surface area (Å²) in [6.45, 7) is 3.61. The third-order valence-electron chi connectivity index (χ3n) is 4.89. The minimum Gasteiger partial charge on any atom is -0.307 e. The van der Waals surface area contributed by atoms with Crippen LogP contribution in [0.3, 0.4) is 0 Å². The molecule has 0 saturated heterocycles. The zero-order valence-corrected chi connectivity index (χ0v) is 18.2. The molecule has 0 saturated carbocycles. The summed E-state index contributed by atoms with van der Waals surface area (Å²) in [4.78, 5) is 29.4. The normalized spacial score (nSPS) is 11.3. The molecule has 2 N–H and O–H groups in total. The van der Waals surface area contributed by atoms with Crippen molar-refractivity contribution in [3.63, 3.8) is 0 Å². The summed E-state index contributed by atoms with van der Waals surface area (Å²) in [5, 5.41) is 2.94. The Hall–Kier alpha value is -3.98. The summed E-state index contributed by atoms with van der Waals surface area (Å²) < 4.78 is 28.6. The Morgan fingerprint density at radius 3 is 2.25 bits per heavy atom. The minimum atomic E-state index is -4.11. The number of carbonyl (C=O) groups is 1. The van der Waals surface area contributed by atoms with E-state index in [1.165, 1.54) is 28.8 Å². The summed E-state index contributed by atoms with van der Waals surface area (Å²) in [6.07, 6.45) is 0. The van der Waals surface area contributed by atoms with E-state index in [0.717, 1.165) is 5.56 Å². The number of anilines is 1. The average molecular weight is 449 g/mol. The standard InChI is InChI=1S/C23H20N4O4S/c1-15-7-9-17(10-8-15)25-23(29)26-32(30,31)19-13-11-18(12-14-19)27-16(2)24-21-6-4-3-5-20(21)22(27)28/h3-14H,1-2H3,(H2,25,26,29). The van der Waals surface area contributed by atoms with Gasteiger partial charge in [0.25, 0.3) is 15.6 Å². The molecule has 2 amide bonds. The molecule has 0 fully saturated rings. The van der Waals surface area contributed by atoms with Crippen LogP contribution in [0.2, 0.25) is 0 Å². The molecule has 0 bridgehead atoms. The van der Waals surface area contributed by atoms with Crippen LogP contribution in [0.1, 0.15) is 11.4 Å². The Morgan fingerprint density at radius 2 is 1.56 bits per heavy atom. The maximum atomic E-state index is 12.9. The molecule has 1 aromatic heterocycles. The van der Waals surface area contributed by atoms with Gasteiger partial charge in [-0.2, -0.15) is 0 Å². The summed E-state index contributed by atoms with van der Waals surface area (Å²) >= 11 is 0. The number of urea groups is 1. The van der Waals surface area contributed by atoms with Crippen molar-refractivity contribution in [2.24, 2.45) is 0 Å². The van der Waals surface area contributed by atoms with E-state index < -0.39 is 16.1 Å². The number of fused-ring (bicyclic) bond motifs is 1. The third-order valence-corrected chi connectivity index (χ3v) is 6.23. The van der Waals surface area contributed by atoms with Crippen molar-refractivity contribution < 1.29 is 13.2 Å². The molecular formula is C23H20N4O4S. The second-order valence-corrected chi connectivity index (χ2v) is 8.92. The van der Waals surface area contributed by atoms with Crippen molar-refractivity contribution in [1.29, 1.82) is 0 Å². The Bertz CT molecular complexity index is 1480. The predicted molar refractivity (Wildman–Crippen MR) is 123 cm³/mol. The fraction of sp³-hybridized carbons (Fsp3) is 0.0870. The Labute approximate surface area is 184 Å². The molecule has 9 heteroatoms. The van der Waals surface area contributed by atoms with Crippen molar-refractivity contribution in [3.05, 3.63) is 94.5 Å². The number of benzene rings is 3. The molecule has 1 heterocycles. The lowest BCUT2D eigenvalue weighted by Crippen LogP contribution is -2.34. The number of sulfonamides is 1. The van der Waals surface area contributed by atoms with Gasteiger partial charge in [0.05, 0.1) is 21.5 Å². The van der Waals surface area contributed by atoms with E-state index in [1.54, 1.807) is 55.5 Å². The molecular weight excluding hydrogens is 428 g/mol. The molecule has 8 nitrogen and oxygen atoms in total. The van der Waals surface area contributed by atoms with Gasteiger partial charge in [0.1, 0.15) is 5.82 Å². The van der Waals surface area contributed by atoms with Crippen molar-refractivity contribution in [2.75, 3.05) is 5.32 Å². The number of aromatic nitrogens is 2. The van der Waals surface area contributed by atoms with Crippen LogP contribution in [-0.2, 0) is 10.0 Å². The van der Waals surface area contributed by atoms with Gasteiger partial charge in [-0.15, -0.1) is 0 Å². The summed E-state index contributed by atoms with van der Waals surface area (Å²) in [7, 11) is -4.11. The maximum absolute atomic E-state index is 12.9. The summed E-state index contributed by atoms with van der Waals surface area (Å²) in [5.74, 6) is 0.472. The predicted octanol–water partition coefficient (Wildman–Crippen LogP) is 3.51. The van der Waals surface area contributed by atoms with Crippen LogP contribution >= 0.6 is 0 Å². The second-order valence-electron chi connectivity index (χ2n) is 7.24. The van der Waals surface area contributed by atoms with Gasteiger partial charge in [-0.3, -0.25) is 9.36 Å². The van der Waals surface area contributed by atoms with E-state index in [2.05, 4.69) is 10.3 Å². The van der Waals surface area contributed by atoms with Gasteiger partial charge in [0.2, 0.25) is 0 Å². The monoisotopic (exact) mass is 448 g/mol. The number of amides is 2. The number of nitrogens with zero attached hydrogens (tertiary/aromatic N) is 2. The number of carbonyl (C=O) groups excluding carboxylic acids is 1. The Morgan fingerprint density at radius 1 is 0.906 bits per heavy atom. The van der Waals surface area contributed by atoms with Crippen LogP contribution in [0.5, 0.6) is 0 Å². The first-order chi connectivity index (χ1) is 15.2. The lowest BCUT2D eigenvalue weighted by Gasteiger charge is -2.12. The molecule has 0 aliphatic carbocycles. The molecule has 0 radical (unpaired) electrons. The van der Waals surface area contributed by atoms with Gasteiger partial charge in [-0.1, -0.05) is 29.8 Å². The highest BCUT2D eigenvalue weighted by Gasteiger charge is 2.18. The summed E-state index contributed by atoms with van der Waals surface area (Å²) in [6, 6.07) is 18.8. The topological polar surface area (TPSA) is 110 Å². The fourth-order valence-corrected chi connectivity index (χ4v) is 4.20. The van der Waals surface area contributed by atoms with E-state index in [4.69, 9.17) is 0 Å². The number of para-hydroxylation sites is 1. The lowest BCUT2D eigenvalue weighted by molar-refractivity contribution is 0.256. The SMILES string of the molecule is Cc1ccc(NC(=O)NS(=O)(=O)c2ccc(-n3c(C)nc4ccccc4c3=O)cc2)cc1. The van der Waals surface area contributed by atoms with E-state index in [0.29, 0.717) is 28.1 Å². The van der Waals surface area contributed by atoms with Gasteiger partial charge in [0, 0.05) is 5.69 Å². The Balaban J connectivity index is 1.58. The highest BCUT2D eigenvalue weighted by molar-refractivity contribution is 7.90.